The maximum atomic E-state index is 11.5. The first-order chi connectivity index (χ1) is 11.9. The van der Waals surface area contributed by atoms with Crippen LogP contribution in [0, 0.1) is 12.3 Å². The van der Waals surface area contributed by atoms with E-state index in [0.29, 0.717) is 30.2 Å². The fraction of sp³-hybridized carbons (Fsp3) is 0.235. The Labute approximate surface area is 150 Å². The Morgan fingerprint density at radius 3 is 2.72 bits per heavy atom. The molecule has 0 saturated carbocycles. The molecule has 0 unspecified atom stereocenters. The summed E-state index contributed by atoms with van der Waals surface area (Å²) < 4.78 is 1.59. The SMILES string of the molecule is Cc1cc(C(N)=O)c(=N)n(Cc2cc(Cl)ccc2N(C=O)CCN)c1. The highest BCUT2D eigenvalue weighted by Gasteiger charge is 2.13. The molecule has 0 aliphatic heterocycles. The van der Waals surface area contributed by atoms with E-state index in [4.69, 9.17) is 28.5 Å². The molecule has 0 aliphatic rings. The van der Waals surface area contributed by atoms with Crippen LogP contribution in [0.2, 0.25) is 5.02 Å². The molecule has 0 saturated heterocycles. The molecule has 7 nitrogen and oxygen atoms in total. The summed E-state index contributed by atoms with van der Waals surface area (Å²) in [4.78, 5) is 24.4. The number of nitrogens with one attached hydrogen (secondary N) is 1. The summed E-state index contributed by atoms with van der Waals surface area (Å²) in [7, 11) is 0. The van der Waals surface area contributed by atoms with Crippen molar-refractivity contribution in [3.63, 3.8) is 0 Å². The number of hydrogen-bond acceptors (Lipinski definition) is 4. The molecule has 0 bridgehead atoms. The van der Waals surface area contributed by atoms with Gasteiger partial charge in [0.05, 0.1) is 12.1 Å². The smallest absolute Gasteiger partial charge is 0.252 e. The maximum Gasteiger partial charge on any atom is 0.252 e. The third-order valence-electron chi connectivity index (χ3n) is 3.73. The molecule has 0 aliphatic carbocycles. The van der Waals surface area contributed by atoms with Crippen LogP contribution in [0.25, 0.3) is 0 Å². The monoisotopic (exact) mass is 361 g/mol. The lowest BCUT2D eigenvalue weighted by Crippen LogP contribution is -2.32. The normalized spacial score (nSPS) is 10.5. The van der Waals surface area contributed by atoms with Gasteiger partial charge < -0.3 is 20.9 Å². The molecule has 2 amide bonds. The van der Waals surface area contributed by atoms with E-state index in [0.717, 1.165) is 11.1 Å². The Bertz CT molecular complexity index is 863. The molecule has 5 N–H and O–H groups in total. The maximum absolute atomic E-state index is 11.5. The largest absolute Gasteiger partial charge is 0.365 e. The lowest BCUT2D eigenvalue weighted by Gasteiger charge is -2.21. The molecule has 0 fully saturated rings. The molecule has 132 valence electrons. The Kier molecular flexibility index (Phi) is 5.95. The molecule has 1 aromatic carbocycles. The molecule has 8 heteroatoms. The molecular weight excluding hydrogens is 342 g/mol. The number of carbonyl (C=O) groups is 2. The van der Waals surface area contributed by atoms with Crippen molar-refractivity contribution in [2.24, 2.45) is 11.5 Å². The van der Waals surface area contributed by atoms with Crippen LogP contribution in [-0.2, 0) is 11.3 Å². The second kappa shape index (κ2) is 7.96. The topological polar surface area (TPSA) is 118 Å². The number of aromatic nitrogens is 1. The average molecular weight is 362 g/mol. The third-order valence-corrected chi connectivity index (χ3v) is 3.96. The quantitative estimate of drug-likeness (QED) is 0.638. The van der Waals surface area contributed by atoms with Gasteiger partial charge in [0, 0.05) is 30.0 Å². The van der Waals surface area contributed by atoms with Crippen LogP contribution in [0.5, 0.6) is 0 Å². The fourth-order valence-electron chi connectivity index (χ4n) is 2.62. The minimum Gasteiger partial charge on any atom is -0.365 e. The highest BCUT2D eigenvalue weighted by molar-refractivity contribution is 6.30. The van der Waals surface area contributed by atoms with Crippen molar-refractivity contribution in [1.29, 1.82) is 5.41 Å². The highest BCUT2D eigenvalue weighted by Crippen LogP contribution is 2.24. The molecule has 0 spiro atoms. The van der Waals surface area contributed by atoms with Gasteiger partial charge in [0.2, 0.25) is 6.41 Å². The fourth-order valence-corrected chi connectivity index (χ4v) is 2.82. The van der Waals surface area contributed by atoms with Crippen molar-refractivity contribution in [3.05, 3.63) is 57.7 Å². The highest BCUT2D eigenvalue weighted by atomic mass is 35.5. The number of benzene rings is 1. The van der Waals surface area contributed by atoms with Crippen molar-refractivity contribution in [2.75, 3.05) is 18.0 Å². The standard InChI is InChI=1S/C17H20ClN5O2/c1-11-6-14(17(21)25)16(20)23(8-11)9-12-7-13(18)2-3-15(12)22(10-24)5-4-19/h2-3,6-8,10,20H,4-5,9,19H2,1H3,(H2,21,25). The summed E-state index contributed by atoms with van der Waals surface area (Å²) >= 11 is 6.10. The zero-order valence-corrected chi connectivity index (χ0v) is 14.6. The summed E-state index contributed by atoms with van der Waals surface area (Å²) in [5, 5.41) is 8.71. The van der Waals surface area contributed by atoms with E-state index in [-0.39, 0.29) is 17.6 Å². The first-order valence-electron chi connectivity index (χ1n) is 7.63. The molecule has 1 heterocycles. The van der Waals surface area contributed by atoms with Gasteiger partial charge in [-0.05, 0) is 42.3 Å². The molecular formula is C17H20ClN5O2. The Morgan fingerprint density at radius 1 is 1.40 bits per heavy atom. The molecule has 25 heavy (non-hydrogen) atoms. The predicted octanol–water partition coefficient (Wildman–Crippen LogP) is 0.998. The van der Waals surface area contributed by atoms with E-state index >= 15 is 0 Å². The Hall–Kier alpha value is -2.64. The molecule has 0 atom stereocenters. The summed E-state index contributed by atoms with van der Waals surface area (Å²) in [6, 6.07) is 6.72. The van der Waals surface area contributed by atoms with E-state index < -0.39 is 5.91 Å². The number of carbonyl (C=O) groups excluding carboxylic acids is 2. The lowest BCUT2D eigenvalue weighted by atomic mass is 10.1. The number of aryl methyl sites for hydroxylation is 1. The van der Waals surface area contributed by atoms with E-state index in [2.05, 4.69) is 0 Å². The number of primary amides is 1. The van der Waals surface area contributed by atoms with Crippen molar-refractivity contribution >= 4 is 29.6 Å². The van der Waals surface area contributed by atoms with Crippen molar-refractivity contribution in [1.82, 2.24) is 4.57 Å². The van der Waals surface area contributed by atoms with Gasteiger partial charge in [0.1, 0.15) is 5.49 Å². The zero-order valence-electron chi connectivity index (χ0n) is 13.8. The van der Waals surface area contributed by atoms with E-state index in [1.165, 1.54) is 4.90 Å². The Morgan fingerprint density at radius 2 is 2.12 bits per heavy atom. The number of pyridine rings is 1. The first-order valence-corrected chi connectivity index (χ1v) is 8.01. The van der Waals surface area contributed by atoms with Crippen molar-refractivity contribution in [3.8, 4) is 0 Å². The number of anilines is 1. The van der Waals surface area contributed by atoms with Crippen LogP contribution in [0.4, 0.5) is 5.69 Å². The van der Waals surface area contributed by atoms with Gasteiger partial charge in [-0.25, -0.2) is 0 Å². The average Bonchev–Trinajstić information content (AvgIpc) is 2.56. The number of amides is 2. The minimum atomic E-state index is -0.661. The van der Waals surface area contributed by atoms with Crippen molar-refractivity contribution in [2.45, 2.75) is 13.5 Å². The number of nitrogens with zero attached hydrogens (tertiary/aromatic N) is 2. The molecule has 0 radical (unpaired) electrons. The number of rotatable bonds is 7. The van der Waals surface area contributed by atoms with Crippen LogP contribution in [-0.4, -0.2) is 30.0 Å². The van der Waals surface area contributed by atoms with Crippen LogP contribution in [0.15, 0.2) is 30.5 Å². The van der Waals surface area contributed by atoms with Gasteiger partial charge in [-0.2, -0.15) is 0 Å². The van der Waals surface area contributed by atoms with E-state index in [1.54, 1.807) is 35.0 Å². The van der Waals surface area contributed by atoms with E-state index in [9.17, 15) is 9.59 Å². The summed E-state index contributed by atoms with van der Waals surface area (Å²) in [6.07, 6.45) is 2.45. The summed E-state index contributed by atoms with van der Waals surface area (Å²) in [6.45, 7) is 2.74. The van der Waals surface area contributed by atoms with Crippen molar-refractivity contribution < 1.29 is 9.59 Å². The first kappa shape index (κ1) is 18.7. The minimum absolute atomic E-state index is 0.000466. The molecule has 2 rings (SSSR count). The van der Waals surface area contributed by atoms with Gasteiger partial charge in [0.25, 0.3) is 5.91 Å². The third kappa shape index (κ3) is 4.26. The number of halogens is 1. The van der Waals surface area contributed by atoms with Gasteiger partial charge in [-0.1, -0.05) is 11.6 Å². The van der Waals surface area contributed by atoms with Gasteiger partial charge in [-0.3, -0.25) is 15.0 Å². The van der Waals surface area contributed by atoms with E-state index in [1.807, 2.05) is 6.92 Å². The lowest BCUT2D eigenvalue weighted by molar-refractivity contribution is -0.107. The van der Waals surface area contributed by atoms with Gasteiger partial charge in [0.15, 0.2) is 0 Å². The number of nitrogens with two attached hydrogens (primary N) is 2. The second-order valence-electron chi connectivity index (χ2n) is 5.63. The molecule has 2 aromatic rings. The van der Waals surface area contributed by atoms with Gasteiger partial charge >= 0.3 is 0 Å². The predicted molar refractivity (Wildman–Crippen MR) is 96.6 cm³/mol. The van der Waals surface area contributed by atoms with Crippen LogP contribution in [0.1, 0.15) is 21.5 Å². The second-order valence-corrected chi connectivity index (χ2v) is 6.07. The summed E-state index contributed by atoms with van der Waals surface area (Å²) in [5.74, 6) is -0.661. The van der Waals surface area contributed by atoms with Crippen LogP contribution >= 0.6 is 11.6 Å². The molecule has 1 aromatic heterocycles. The van der Waals surface area contributed by atoms with Crippen LogP contribution < -0.4 is 21.9 Å². The zero-order chi connectivity index (χ0) is 18.6. The summed E-state index contributed by atoms with van der Waals surface area (Å²) in [5.41, 5.74) is 13.2. The van der Waals surface area contributed by atoms with Crippen LogP contribution in [0.3, 0.4) is 0 Å². The van der Waals surface area contributed by atoms with Gasteiger partial charge in [-0.15, -0.1) is 0 Å². The number of hydrogen-bond donors (Lipinski definition) is 3. The Balaban J connectivity index is 2.54.